The van der Waals surface area contributed by atoms with Crippen molar-refractivity contribution in [3.05, 3.63) is 20.8 Å². The van der Waals surface area contributed by atoms with Crippen molar-refractivity contribution in [2.24, 2.45) is 0 Å². The average Bonchev–Trinajstić information content (AvgIpc) is 2.88. The molecule has 1 unspecified atom stereocenters. The number of halogens is 1. The third kappa shape index (κ3) is 3.06. The highest BCUT2D eigenvalue weighted by Crippen LogP contribution is 2.22. The van der Waals surface area contributed by atoms with Crippen molar-refractivity contribution in [1.29, 1.82) is 0 Å². The van der Waals surface area contributed by atoms with Gasteiger partial charge in [-0.3, -0.25) is 4.79 Å². The van der Waals surface area contributed by atoms with Crippen LogP contribution >= 0.6 is 27.3 Å². The zero-order chi connectivity index (χ0) is 11.4. The van der Waals surface area contributed by atoms with Gasteiger partial charge in [0, 0.05) is 17.1 Å². The smallest absolute Gasteiger partial charge is 0.262 e. The molecule has 1 aromatic rings. The van der Waals surface area contributed by atoms with Gasteiger partial charge in [0.05, 0.1) is 0 Å². The first kappa shape index (κ1) is 12.1. The summed E-state index contributed by atoms with van der Waals surface area (Å²) in [7, 11) is 0. The highest BCUT2D eigenvalue weighted by Gasteiger charge is 2.15. The Morgan fingerprint density at radius 3 is 3.19 bits per heavy atom. The summed E-state index contributed by atoms with van der Waals surface area (Å²) in [5.74, 6) is 0.0277. The second-order valence-electron chi connectivity index (χ2n) is 3.94. The lowest BCUT2D eigenvalue weighted by Gasteiger charge is -2.10. The van der Waals surface area contributed by atoms with Gasteiger partial charge in [0.1, 0.15) is 4.88 Å². The van der Waals surface area contributed by atoms with Crippen LogP contribution in [0.3, 0.4) is 0 Å². The van der Waals surface area contributed by atoms with Gasteiger partial charge < -0.3 is 10.6 Å². The van der Waals surface area contributed by atoms with E-state index in [0.717, 1.165) is 28.9 Å². The Morgan fingerprint density at radius 2 is 2.56 bits per heavy atom. The number of carbonyl (C=O) groups excluding carboxylic acids is 1. The van der Waals surface area contributed by atoms with E-state index in [4.69, 9.17) is 0 Å². The largest absolute Gasteiger partial charge is 0.351 e. The molecule has 5 heteroatoms. The van der Waals surface area contributed by atoms with Crippen molar-refractivity contribution in [3.63, 3.8) is 0 Å². The van der Waals surface area contributed by atoms with Crippen LogP contribution in [0.2, 0.25) is 0 Å². The number of thiophene rings is 1. The fourth-order valence-corrected chi connectivity index (χ4v) is 3.37. The van der Waals surface area contributed by atoms with Crippen molar-refractivity contribution in [3.8, 4) is 0 Å². The first-order valence-corrected chi connectivity index (χ1v) is 7.19. The SMILES string of the molecule is O=C(NCCC1CCCN1)c1sccc1Br. The molecule has 2 rings (SSSR count). The minimum atomic E-state index is 0.0277. The highest BCUT2D eigenvalue weighted by atomic mass is 79.9. The molecule has 1 aliphatic heterocycles. The van der Waals surface area contributed by atoms with Gasteiger partial charge in [-0.25, -0.2) is 0 Å². The molecule has 0 aromatic carbocycles. The quantitative estimate of drug-likeness (QED) is 0.896. The third-order valence-electron chi connectivity index (χ3n) is 2.76. The van der Waals surface area contributed by atoms with Crippen LogP contribution in [0.25, 0.3) is 0 Å². The number of rotatable bonds is 4. The maximum absolute atomic E-state index is 11.7. The van der Waals surface area contributed by atoms with E-state index in [9.17, 15) is 4.79 Å². The molecule has 0 aliphatic carbocycles. The van der Waals surface area contributed by atoms with E-state index in [2.05, 4.69) is 26.6 Å². The van der Waals surface area contributed by atoms with Crippen molar-refractivity contribution >= 4 is 33.2 Å². The lowest BCUT2D eigenvalue weighted by atomic mass is 10.1. The molecule has 88 valence electrons. The summed E-state index contributed by atoms with van der Waals surface area (Å²) in [4.78, 5) is 12.5. The Hall–Kier alpha value is -0.390. The highest BCUT2D eigenvalue weighted by molar-refractivity contribution is 9.10. The van der Waals surface area contributed by atoms with Crippen LogP contribution in [0.15, 0.2) is 15.9 Å². The van der Waals surface area contributed by atoms with Gasteiger partial charge in [-0.2, -0.15) is 0 Å². The zero-order valence-corrected chi connectivity index (χ0v) is 11.4. The molecule has 0 radical (unpaired) electrons. The van der Waals surface area contributed by atoms with Crippen LogP contribution < -0.4 is 10.6 Å². The summed E-state index contributed by atoms with van der Waals surface area (Å²) in [5, 5.41) is 8.29. The molecule has 1 aliphatic rings. The normalized spacial score (nSPS) is 19.9. The minimum absolute atomic E-state index is 0.0277. The molecular weight excluding hydrogens is 288 g/mol. The van der Waals surface area contributed by atoms with Crippen LogP contribution in [-0.2, 0) is 0 Å². The summed E-state index contributed by atoms with van der Waals surface area (Å²) in [6.07, 6.45) is 3.52. The number of nitrogens with one attached hydrogen (secondary N) is 2. The number of amides is 1. The van der Waals surface area contributed by atoms with E-state index in [1.54, 1.807) is 0 Å². The second kappa shape index (κ2) is 5.80. The van der Waals surface area contributed by atoms with Gasteiger partial charge >= 0.3 is 0 Å². The molecule has 1 amide bonds. The van der Waals surface area contributed by atoms with E-state index in [0.29, 0.717) is 6.04 Å². The summed E-state index contributed by atoms with van der Waals surface area (Å²) >= 11 is 4.83. The van der Waals surface area contributed by atoms with Crippen molar-refractivity contribution in [2.45, 2.75) is 25.3 Å². The van der Waals surface area contributed by atoms with Crippen molar-refractivity contribution in [2.75, 3.05) is 13.1 Å². The van der Waals surface area contributed by atoms with E-state index in [1.807, 2.05) is 11.4 Å². The van der Waals surface area contributed by atoms with Gasteiger partial charge in [0.15, 0.2) is 0 Å². The molecule has 0 saturated carbocycles. The zero-order valence-electron chi connectivity index (χ0n) is 8.96. The summed E-state index contributed by atoms with van der Waals surface area (Å²) in [6.45, 7) is 1.87. The molecule has 1 aromatic heterocycles. The molecule has 0 spiro atoms. The lowest BCUT2D eigenvalue weighted by molar-refractivity contribution is 0.0955. The monoisotopic (exact) mass is 302 g/mol. The predicted octanol–water partition coefficient (Wildman–Crippen LogP) is 2.38. The summed E-state index contributed by atoms with van der Waals surface area (Å²) in [5.41, 5.74) is 0. The van der Waals surface area contributed by atoms with E-state index < -0.39 is 0 Å². The fourth-order valence-electron chi connectivity index (χ4n) is 1.90. The molecule has 0 bridgehead atoms. The van der Waals surface area contributed by atoms with Gasteiger partial charge in [0.2, 0.25) is 0 Å². The van der Waals surface area contributed by atoms with Gasteiger partial charge in [-0.15, -0.1) is 11.3 Å². The van der Waals surface area contributed by atoms with Crippen LogP contribution in [0.4, 0.5) is 0 Å². The van der Waals surface area contributed by atoms with E-state index in [-0.39, 0.29) is 5.91 Å². The molecule has 2 heterocycles. The Bertz CT molecular complexity index is 361. The minimum Gasteiger partial charge on any atom is -0.351 e. The number of hydrogen-bond donors (Lipinski definition) is 2. The summed E-state index contributed by atoms with van der Waals surface area (Å²) < 4.78 is 0.883. The Kier molecular flexibility index (Phi) is 4.37. The predicted molar refractivity (Wildman–Crippen MR) is 70.0 cm³/mol. The molecule has 16 heavy (non-hydrogen) atoms. The lowest BCUT2D eigenvalue weighted by Crippen LogP contribution is -2.30. The van der Waals surface area contributed by atoms with Crippen molar-refractivity contribution in [1.82, 2.24) is 10.6 Å². The molecule has 1 fully saturated rings. The number of hydrogen-bond acceptors (Lipinski definition) is 3. The molecule has 1 saturated heterocycles. The average molecular weight is 303 g/mol. The maximum atomic E-state index is 11.7. The Balaban J connectivity index is 1.73. The standard InChI is InChI=1S/C11H15BrN2OS/c12-9-4-7-16-10(9)11(15)14-6-3-8-2-1-5-13-8/h4,7-8,13H,1-3,5-6H2,(H,14,15). The maximum Gasteiger partial charge on any atom is 0.262 e. The van der Waals surface area contributed by atoms with Crippen LogP contribution in [0.1, 0.15) is 28.9 Å². The van der Waals surface area contributed by atoms with Crippen molar-refractivity contribution < 1.29 is 4.79 Å². The molecular formula is C11H15BrN2OS. The van der Waals surface area contributed by atoms with Crippen LogP contribution in [-0.4, -0.2) is 25.0 Å². The molecule has 3 nitrogen and oxygen atoms in total. The molecule has 1 atom stereocenters. The van der Waals surface area contributed by atoms with Gasteiger partial charge in [-0.1, -0.05) is 0 Å². The Morgan fingerprint density at radius 1 is 1.69 bits per heavy atom. The molecule has 2 N–H and O–H groups in total. The topological polar surface area (TPSA) is 41.1 Å². The van der Waals surface area contributed by atoms with Gasteiger partial charge in [0.25, 0.3) is 5.91 Å². The summed E-state index contributed by atoms with van der Waals surface area (Å²) in [6, 6.07) is 2.49. The first-order chi connectivity index (χ1) is 7.77. The van der Waals surface area contributed by atoms with Crippen LogP contribution in [0, 0.1) is 0 Å². The fraction of sp³-hybridized carbons (Fsp3) is 0.545. The van der Waals surface area contributed by atoms with Crippen LogP contribution in [0.5, 0.6) is 0 Å². The van der Waals surface area contributed by atoms with Gasteiger partial charge in [-0.05, 0) is 53.2 Å². The number of carbonyl (C=O) groups is 1. The van der Waals surface area contributed by atoms with E-state index in [1.165, 1.54) is 24.2 Å². The first-order valence-electron chi connectivity index (χ1n) is 5.52. The van der Waals surface area contributed by atoms with E-state index >= 15 is 0 Å². The Labute approximate surface area is 108 Å². The second-order valence-corrected chi connectivity index (χ2v) is 5.71. The third-order valence-corrected chi connectivity index (χ3v) is 4.60.